The predicted molar refractivity (Wildman–Crippen MR) is 71.3 cm³/mol. The number of amides is 1. The Kier molecular flexibility index (Phi) is 4.31. The molecule has 1 aliphatic rings. The number of carbonyl (C=O) groups is 1. The highest BCUT2D eigenvalue weighted by molar-refractivity contribution is 5.78. The van der Waals surface area contributed by atoms with E-state index in [4.69, 9.17) is 0 Å². The number of likely N-dealkylation sites (tertiary alicyclic amines) is 1. The van der Waals surface area contributed by atoms with Crippen LogP contribution >= 0.6 is 0 Å². The maximum Gasteiger partial charge on any atom is 0.228 e. The molecule has 4 nitrogen and oxygen atoms in total. The molecule has 0 spiro atoms. The lowest BCUT2D eigenvalue weighted by molar-refractivity contribution is -0.129. The third kappa shape index (κ3) is 3.07. The van der Waals surface area contributed by atoms with Gasteiger partial charge in [-0.15, -0.1) is 0 Å². The van der Waals surface area contributed by atoms with Crippen LogP contribution in [0.1, 0.15) is 17.7 Å². The second-order valence-corrected chi connectivity index (χ2v) is 5.00. The molecule has 1 aliphatic heterocycles. The summed E-state index contributed by atoms with van der Waals surface area (Å²) in [6, 6.07) is 3.91. The molecule has 0 aliphatic carbocycles. The van der Waals surface area contributed by atoms with Gasteiger partial charge in [-0.05, 0) is 44.5 Å². The van der Waals surface area contributed by atoms with Gasteiger partial charge in [-0.1, -0.05) is 6.07 Å². The average Bonchev–Trinajstić information content (AvgIpc) is 2.81. The highest BCUT2D eigenvalue weighted by atomic mass is 16.2. The van der Waals surface area contributed by atoms with Gasteiger partial charge in [-0.2, -0.15) is 0 Å². The van der Waals surface area contributed by atoms with Crippen molar-refractivity contribution >= 4 is 5.91 Å². The van der Waals surface area contributed by atoms with Crippen LogP contribution in [0.2, 0.25) is 0 Å². The number of carbonyl (C=O) groups excluding carboxylic acids is 1. The van der Waals surface area contributed by atoms with Crippen molar-refractivity contribution in [3.05, 3.63) is 29.6 Å². The Morgan fingerprint density at radius 1 is 1.61 bits per heavy atom. The molecule has 2 rings (SSSR count). The smallest absolute Gasteiger partial charge is 0.228 e. The van der Waals surface area contributed by atoms with Gasteiger partial charge < -0.3 is 10.2 Å². The third-order valence-electron chi connectivity index (χ3n) is 3.57. The summed E-state index contributed by atoms with van der Waals surface area (Å²) in [7, 11) is 1.96. The van der Waals surface area contributed by atoms with Crippen LogP contribution in [0, 0.1) is 12.8 Å². The summed E-state index contributed by atoms with van der Waals surface area (Å²) in [5.41, 5.74) is 2.00. The monoisotopic (exact) mass is 247 g/mol. The number of pyridine rings is 1. The molecule has 1 fully saturated rings. The summed E-state index contributed by atoms with van der Waals surface area (Å²) in [5.74, 6) is 0.805. The molecule has 0 aromatic carbocycles. The summed E-state index contributed by atoms with van der Waals surface area (Å²) in [4.78, 5) is 18.4. The van der Waals surface area contributed by atoms with E-state index in [0.29, 0.717) is 12.3 Å². The van der Waals surface area contributed by atoms with E-state index in [1.807, 2.05) is 31.0 Å². The summed E-state index contributed by atoms with van der Waals surface area (Å²) >= 11 is 0. The van der Waals surface area contributed by atoms with Crippen molar-refractivity contribution in [1.82, 2.24) is 15.2 Å². The van der Waals surface area contributed by atoms with E-state index in [1.54, 1.807) is 6.20 Å². The average molecular weight is 247 g/mol. The van der Waals surface area contributed by atoms with Gasteiger partial charge in [0.25, 0.3) is 0 Å². The van der Waals surface area contributed by atoms with E-state index >= 15 is 0 Å². The first-order chi connectivity index (χ1) is 8.70. The number of nitrogens with zero attached hydrogens (tertiary/aromatic N) is 2. The number of aromatic nitrogens is 1. The van der Waals surface area contributed by atoms with E-state index in [0.717, 1.165) is 37.3 Å². The van der Waals surface area contributed by atoms with E-state index in [1.165, 1.54) is 0 Å². The van der Waals surface area contributed by atoms with Gasteiger partial charge >= 0.3 is 0 Å². The van der Waals surface area contributed by atoms with Crippen LogP contribution < -0.4 is 5.32 Å². The maximum atomic E-state index is 12.2. The Labute approximate surface area is 108 Å². The van der Waals surface area contributed by atoms with E-state index in [9.17, 15) is 4.79 Å². The van der Waals surface area contributed by atoms with Crippen molar-refractivity contribution < 1.29 is 4.79 Å². The number of aryl methyl sites for hydroxylation is 1. The van der Waals surface area contributed by atoms with Crippen LogP contribution in [0.5, 0.6) is 0 Å². The van der Waals surface area contributed by atoms with Crippen LogP contribution in [0.25, 0.3) is 0 Å². The molecule has 1 atom stereocenters. The summed E-state index contributed by atoms with van der Waals surface area (Å²) in [6.07, 6.45) is 3.29. The van der Waals surface area contributed by atoms with Crippen LogP contribution in [0.4, 0.5) is 0 Å². The van der Waals surface area contributed by atoms with E-state index in [2.05, 4.69) is 10.3 Å². The molecule has 4 heteroatoms. The Morgan fingerprint density at radius 2 is 2.44 bits per heavy atom. The molecule has 98 valence electrons. The predicted octanol–water partition coefficient (Wildman–Crippen LogP) is 1.00. The molecule has 1 amide bonds. The number of hydrogen-bond donors (Lipinski definition) is 1. The maximum absolute atomic E-state index is 12.2. The lowest BCUT2D eigenvalue weighted by Gasteiger charge is -2.16. The molecular formula is C14H21N3O. The Bertz CT molecular complexity index is 419. The summed E-state index contributed by atoms with van der Waals surface area (Å²) in [6.45, 7) is 4.76. The van der Waals surface area contributed by atoms with Crippen LogP contribution in [-0.2, 0) is 11.2 Å². The van der Waals surface area contributed by atoms with Crippen molar-refractivity contribution in [3.63, 3.8) is 0 Å². The third-order valence-corrected chi connectivity index (χ3v) is 3.57. The minimum Gasteiger partial charge on any atom is -0.342 e. The zero-order valence-electron chi connectivity index (χ0n) is 11.1. The molecule has 1 unspecified atom stereocenters. The molecule has 0 bridgehead atoms. The van der Waals surface area contributed by atoms with Gasteiger partial charge in [0.05, 0.1) is 12.1 Å². The van der Waals surface area contributed by atoms with Crippen molar-refractivity contribution in [1.29, 1.82) is 0 Å². The number of nitrogens with one attached hydrogen (secondary N) is 1. The first kappa shape index (κ1) is 13.0. The molecule has 1 saturated heterocycles. The van der Waals surface area contributed by atoms with Gasteiger partial charge in [0.15, 0.2) is 0 Å². The largest absolute Gasteiger partial charge is 0.342 e. The zero-order valence-corrected chi connectivity index (χ0v) is 11.1. The summed E-state index contributed by atoms with van der Waals surface area (Å²) < 4.78 is 0. The Morgan fingerprint density at radius 3 is 3.17 bits per heavy atom. The van der Waals surface area contributed by atoms with Gasteiger partial charge in [-0.3, -0.25) is 9.78 Å². The molecule has 2 heterocycles. The molecule has 0 saturated carbocycles. The van der Waals surface area contributed by atoms with Gasteiger partial charge in [0, 0.05) is 19.3 Å². The second kappa shape index (κ2) is 5.96. The molecule has 1 aromatic rings. The fraction of sp³-hybridized carbons (Fsp3) is 0.571. The topological polar surface area (TPSA) is 45.2 Å². The van der Waals surface area contributed by atoms with Crippen molar-refractivity contribution in [2.24, 2.45) is 5.92 Å². The fourth-order valence-electron chi connectivity index (χ4n) is 2.47. The first-order valence-electron chi connectivity index (χ1n) is 6.53. The standard InChI is InChI=1S/C14H21N3O/c1-11-4-3-6-16-13(11)8-14(18)17-7-5-12(10-17)9-15-2/h3-4,6,12,15H,5,7-10H2,1-2H3. The zero-order chi connectivity index (χ0) is 13.0. The number of rotatable bonds is 4. The highest BCUT2D eigenvalue weighted by Crippen LogP contribution is 2.17. The minimum atomic E-state index is 0.204. The lowest BCUT2D eigenvalue weighted by Crippen LogP contribution is -2.31. The van der Waals surface area contributed by atoms with Crippen molar-refractivity contribution in [2.45, 2.75) is 19.8 Å². The van der Waals surface area contributed by atoms with E-state index in [-0.39, 0.29) is 5.91 Å². The number of hydrogen-bond acceptors (Lipinski definition) is 3. The summed E-state index contributed by atoms with van der Waals surface area (Å²) in [5, 5.41) is 3.18. The van der Waals surface area contributed by atoms with Crippen molar-refractivity contribution in [2.75, 3.05) is 26.7 Å². The second-order valence-electron chi connectivity index (χ2n) is 5.00. The molecule has 1 aromatic heterocycles. The highest BCUT2D eigenvalue weighted by Gasteiger charge is 2.25. The molecule has 0 radical (unpaired) electrons. The normalized spacial score (nSPS) is 19.2. The minimum absolute atomic E-state index is 0.204. The van der Waals surface area contributed by atoms with Gasteiger partial charge in [0.2, 0.25) is 5.91 Å². The van der Waals surface area contributed by atoms with E-state index < -0.39 is 0 Å². The molecule has 18 heavy (non-hydrogen) atoms. The van der Waals surface area contributed by atoms with Crippen LogP contribution in [-0.4, -0.2) is 42.5 Å². The van der Waals surface area contributed by atoms with Gasteiger partial charge in [0.1, 0.15) is 0 Å². The lowest BCUT2D eigenvalue weighted by atomic mass is 10.1. The van der Waals surface area contributed by atoms with Crippen molar-refractivity contribution in [3.8, 4) is 0 Å². The van der Waals surface area contributed by atoms with Crippen LogP contribution in [0.3, 0.4) is 0 Å². The molecule has 1 N–H and O–H groups in total. The fourth-order valence-corrected chi connectivity index (χ4v) is 2.47. The van der Waals surface area contributed by atoms with Gasteiger partial charge in [-0.25, -0.2) is 0 Å². The Balaban J connectivity index is 1.91. The first-order valence-corrected chi connectivity index (χ1v) is 6.53. The van der Waals surface area contributed by atoms with Crippen LogP contribution in [0.15, 0.2) is 18.3 Å². The Hall–Kier alpha value is -1.42. The quantitative estimate of drug-likeness (QED) is 0.863. The molecular weight excluding hydrogens is 226 g/mol. The SMILES string of the molecule is CNCC1CCN(C(=O)Cc2ncccc2C)C1.